The molecule has 0 spiro atoms. The van der Waals surface area contributed by atoms with Gasteiger partial charge in [0.15, 0.2) is 0 Å². The van der Waals surface area contributed by atoms with Gasteiger partial charge in [0.05, 0.1) is 16.1 Å². The molecule has 0 saturated heterocycles. The molecule has 1 aliphatic rings. The van der Waals surface area contributed by atoms with Gasteiger partial charge in [-0.05, 0) is 47.0 Å². The first-order valence-electron chi connectivity index (χ1n) is 5.52. The summed E-state index contributed by atoms with van der Waals surface area (Å²) in [6, 6.07) is 4.08. The zero-order valence-electron chi connectivity index (χ0n) is 9.50. The van der Waals surface area contributed by atoms with Gasteiger partial charge < -0.3 is 11.1 Å². The van der Waals surface area contributed by atoms with Gasteiger partial charge in [0.2, 0.25) is 5.91 Å². The number of carbonyl (C=O) groups is 1. The third-order valence-electron chi connectivity index (χ3n) is 3.29. The van der Waals surface area contributed by atoms with Crippen LogP contribution in [-0.4, -0.2) is 10.9 Å². The molecule has 0 bridgehead atoms. The molecule has 1 saturated carbocycles. The topological polar surface area (TPSA) is 55.1 Å². The molecule has 0 unspecified atom stereocenters. The van der Waals surface area contributed by atoms with Crippen molar-refractivity contribution in [2.75, 3.05) is 5.32 Å². The Bertz CT molecular complexity index is 517. The Morgan fingerprint density at radius 1 is 1.50 bits per heavy atom. The number of nitrogens with one attached hydrogen (secondary N) is 1. The highest BCUT2D eigenvalue weighted by atomic mass is 79.9. The fraction of sp³-hybridized carbons (Fsp3) is 0.333. The Kier molecular flexibility index (Phi) is 3.68. The first-order valence-corrected chi connectivity index (χ1v) is 6.72. The van der Waals surface area contributed by atoms with Crippen molar-refractivity contribution in [2.45, 2.75) is 19.3 Å². The number of benzene rings is 1. The summed E-state index contributed by atoms with van der Waals surface area (Å²) in [5.41, 5.74) is 5.43. The van der Waals surface area contributed by atoms with Gasteiger partial charge >= 0.3 is 0 Å². The highest BCUT2D eigenvalue weighted by Crippen LogP contribution is 2.42. The molecule has 1 aliphatic carbocycles. The highest BCUT2D eigenvalue weighted by molar-refractivity contribution is 9.10. The number of nitrogens with two attached hydrogens (primary N) is 1. The van der Waals surface area contributed by atoms with Gasteiger partial charge in [-0.15, -0.1) is 0 Å². The monoisotopic (exact) mass is 330 g/mol. The van der Waals surface area contributed by atoms with E-state index in [0.717, 1.165) is 6.42 Å². The van der Waals surface area contributed by atoms with E-state index in [1.807, 2.05) is 0 Å². The predicted molar refractivity (Wildman–Crippen MR) is 75.8 cm³/mol. The van der Waals surface area contributed by atoms with E-state index >= 15 is 0 Å². The van der Waals surface area contributed by atoms with Crippen LogP contribution in [0.4, 0.5) is 10.1 Å². The van der Waals surface area contributed by atoms with Gasteiger partial charge in [0, 0.05) is 4.47 Å². The SMILES string of the molecule is NC(=S)C1(C(=O)Nc2ccc(F)cc2Br)CCC1. The smallest absolute Gasteiger partial charge is 0.237 e. The van der Waals surface area contributed by atoms with Crippen LogP contribution in [0.25, 0.3) is 0 Å². The molecule has 0 radical (unpaired) electrons. The van der Waals surface area contributed by atoms with Gasteiger partial charge in [0.25, 0.3) is 0 Å². The number of rotatable bonds is 3. The van der Waals surface area contributed by atoms with Crippen LogP contribution in [0, 0.1) is 11.2 Å². The van der Waals surface area contributed by atoms with Gasteiger partial charge in [0.1, 0.15) is 5.82 Å². The number of halogens is 2. The van der Waals surface area contributed by atoms with E-state index in [1.54, 1.807) is 0 Å². The number of carbonyl (C=O) groups excluding carboxylic acids is 1. The van der Waals surface area contributed by atoms with Crippen LogP contribution in [0.15, 0.2) is 22.7 Å². The van der Waals surface area contributed by atoms with Gasteiger partial charge in [-0.2, -0.15) is 0 Å². The molecule has 1 amide bonds. The largest absolute Gasteiger partial charge is 0.392 e. The average Bonchev–Trinajstić information content (AvgIpc) is 2.19. The molecule has 1 fully saturated rings. The van der Waals surface area contributed by atoms with Crippen LogP contribution in [0.1, 0.15) is 19.3 Å². The number of hydrogen-bond acceptors (Lipinski definition) is 2. The summed E-state index contributed by atoms with van der Waals surface area (Å²) in [6.45, 7) is 0. The van der Waals surface area contributed by atoms with E-state index in [-0.39, 0.29) is 16.7 Å². The van der Waals surface area contributed by atoms with Crippen LogP contribution >= 0.6 is 28.1 Å². The molecule has 96 valence electrons. The first kappa shape index (κ1) is 13.4. The molecule has 0 aliphatic heterocycles. The summed E-state index contributed by atoms with van der Waals surface area (Å²) < 4.78 is 13.4. The number of hydrogen-bond donors (Lipinski definition) is 2. The van der Waals surface area contributed by atoms with E-state index in [1.165, 1.54) is 18.2 Å². The maximum absolute atomic E-state index is 12.9. The lowest BCUT2D eigenvalue weighted by atomic mass is 9.68. The Morgan fingerprint density at radius 3 is 2.61 bits per heavy atom. The van der Waals surface area contributed by atoms with Crippen molar-refractivity contribution in [3.05, 3.63) is 28.5 Å². The second-order valence-corrected chi connectivity index (χ2v) is 5.67. The average molecular weight is 331 g/mol. The molecule has 1 aromatic carbocycles. The van der Waals surface area contributed by atoms with Crippen molar-refractivity contribution in [2.24, 2.45) is 11.1 Å². The summed E-state index contributed by atoms with van der Waals surface area (Å²) in [4.78, 5) is 12.4. The van der Waals surface area contributed by atoms with Crippen molar-refractivity contribution in [1.82, 2.24) is 0 Å². The van der Waals surface area contributed by atoms with E-state index in [0.29, 0.717) is 23.0 Å². The summed E-state index contributed by atoms with van der Waals surface area (Å²) >= 11 is 8.17. The molecule has 3 nitrogen and oxygen atoms in total. The summed E-state index contributed by atoms with van der Waals surface area (Å²) in [5.74, 6) is -0.582. The third-order valence-corrected chi connectivity index (χ3v) is 4.34. The maximum Gasteiger partial charge on any atom is 0.237 e. The lowest BCUT2D eigenvalue weighted by Gasteiger charge is -2.39. The minimum absolute atomic E-state index is 0.214. The second kappa shape index (κ2) is 4.93. The lowest BCUT2D eigenvalue weighted by Crippen LogP contribution is -2.50. The minimum atomic E-state index is -0.733. The molecule has 2 rings (SSSR count). The van der Waals surface area contributed by atoms with E-state index in [2.05, 4.69) is 21.2 Å². The maximum atomic E-state index is 12.9. The van der Waals surface area contributed by atoms with Gasteiger partial charge in [-0.3, -0.25) is 4.79 Å². The van der Waals surface area contributed by atoms with Crippen LogP contribution in [0.5, 0.6) is 0 Å². The zero-order valence-corrected chi connectivity index (χ0v) is 11.9. The molecule has 1 aromatic rings. The summed E-state index contributed by atoms with van der Waals surface area (Å²) in [6.07, 6.45) is 2.29. The van der Waals surface area contributed by atoms with Crippen LogP contribution in [-0.2, 0) is 4.79 Å². The van der Waals surface area contributed by atoms with Crippen molar-refractivity contribution >= 4 is 44.7 Å². The molecule has 18 heavy (non-hydrogen) atoms. The van der Waals surface area contributed by atoms with Gasteiger partial charge in [-0.25, -0.2) is 4.39 Å². The summed E-state index contributed by atoms with van der Waals surface area (Å²) in [7, 11) is 0. The summed E-state index contributed by atoms with van der Waals surface area (Å²) in [5, 5.41) is 2.74. The molecule has 3 N–H and O–H groups in total. The predicted octanol–water partition coefficient (Wildman–Crippen LogP) is 2.98. The zero-order chi connectivity index (χ0) is 13.3. The van der Waals surface area contributed by atoms with Crippen molar-refractivity contribution < 1.29 is 9.18 Å². The fourth-order valence-electron chi connectivity index (χ4n) is 1.95. The highest BCUT2D eigenvalue weighted by Gasteiger charge is 2.47. The molecule has 0 atom stereocenters. The normalized spacial score (nSPS) is 16.8. The molecule has 0 heterocycles. The van der Waals surface area contributed by atoms with Crippen LogP contribution in [0.2, 0.25) is 0 Å². The van der Waals surface area contributed by atoms with Gasteiger partial charge in [-0.1, -0.05) is 18.6 Å². The minimum Gasteiger partial charge on any atom is -0.392 e. The molecule has 0 aromatic heterocycles. The Labute approximate surface area is 118 Å². The molecular weight excluding hydrogens is 319 g/mol. The van der Waals surface area contributed by atoms with E-state index in [4.69, 9.17) is 18.0 Å². The van der Waals surface area contributed by atoms with Crippen LogP contribution < -0.4 is 11.1 Å². The third kappa shape index (κ3) is 2.27. The van der Waals surface area contributed by atoms with E-state index < -0.39 is 5.41 Å². The molecule has 6 heteroatoms. The van der Waals surface area contributed by atoms with Crippen molar-refractivity contribution in [1.29, 1.82) is 0 Å². The first-order chi connectivity index (χ1) is 8.45. The Hall–Kier alpha value is -1.01. The number of thiocarbonyl (C=S) groups is 1. The standard InChI is InChI=1S/C12H12BrFN2OS/c13-8-6-7(14)2-3-9(8)16-11(17)12(10(15)18)4-1-5-12/h2-3,6H,1,4-5H2,(H2,15,18)(H,16,17). The number of amides is 1. The Morgan fingerprint density at radius 2 is 2.17 bits per heavy atom. The molecular formula is C12H12BrFN2OS. The fourth-order valence-corrected chi connectivity index (χ4v) is 2.70. The van der Waals surface area contributed by atoms with E-state index in [9.17, 15) is 9.18 Å². The lowest BCUT2D eigenvalue weighted by molar-refractivity contribution is -0.125. The Balaban J connectivity index is 2.19. The number of anilines is 1. The van der Waals surface area contributed by atoms with Crippen molar-refractivity contribution in [3.63, 3.8) is 0 Å². The van der Waals surface area contributed by atoms with Crippen molar-refractivity contribution in [3.8, 4) is 0 Å². The quantitative estimate of drug-likeness (QED) is 0.838. The second-order valence-electron chi connectivity index (χ2n) is 4.38. The van der Waals surface area contributed by atoms with Crippen LogP contribution in [0.3, 0.4) is 0 Å².